The number of ether oxygens (including phenoxy) is 1. The van der Waals surface area contributed by atoms with E-state index in [1.807, 2.05) is 0 Å². The molecule has 2 aromatic carbocycles. The first-order valence-electron chi connectivity index (χ1n) is 10.5. The van der Waals surface area contributed by atoms with Gasteiger partial charge in [0, 0.05) is 19.1 Å². The normalized spacial score (nSPS) is 18.4. The molecule has 1 saturated heterocycles. The van der Waals surface area contributed by atoms with Crippen LogP contribution in [0.1, 0.15) is 19.4 Å². The predicted octanol–water partition coefficient (Wildman–Crippen LogP) is 2.86. The zero-order valence-electron chi connectivity index (χ0n) is 19.2. The fourth-order valence-electron chi connectivity index (χ4n) is 3.56. The molecule has 1 aliphatic rings. The molecule has 190 valence electrons. The number of nitro groups is 1. The highest BCUT2D eigenvalue weighted by atomic mass is 35.7. The number of hydrogen-bond donors (Lipinski definition) is 0. The van der Waals surface area contributed by atoms with Gasteiger partial charge in [-0.2, -0.15) is 5.06 Å². The second-order valence-electron chi connectivity index (χ2n) is 7.86. The SMILES string of the molecule is C=C(C)C(C(=O)OCc1ccc([N+](=O)[O-])cc1)N1C(=O)C(N(Oc2ccccc2)C(C)=O)C1[S+]([O-])Cl. The molecule has 4 atom stereocenters. The molecule has 1 heterocycles. The number of carbonyl (C=O) groups is 3. The Bertz CT molecular complexity index is 1160. The number of amides is 2. The van der Waals surface area contributed by atoms with Crippen molar-refractivity contribution < 1.29 is 33.4 Å². The van der Waals surface area contributed by atoms with E-state index in [1.165, 1.54) is 38.1 Å². The van der Waals surface area contributed by atoms with E-state index in [9.17, 15) is 29.1 Å². The van der Waals surface area contributed by atoms with Crippen molar-refractivity contribution in [3.8, 4) is 5.75 Å². The zero-order chi connectivity index (χ0) is 26.6. The van der Waals surface area contributed by atoms with Gasteiger partial charge in [-0.05, 0) is 42.3 Å². The standard InChI is InChI=1S/C23H22ClN3O8S/c1-14(2)19(23(30)34-13-16-9-11-17(12-10-16)27(31)32)25-21(29)20(22(25)36(24)33)26(15(3)28)35-18-7-5-4-6-8-18/h4-12,19-20,22H,1,13H2,2-3H3. The predicted molar refractivity (Wildman–Crippen MR) is 130 cm³/mol. The van der Waals surface area contributed by atoms with Gasteiger partial charge in [-0.15, -0.1) is 0 Å². The molecule has 3 rings (SSSR count). The number of benzene rings is 2. The van der Waals surface area contributed by atoms with Gasteiger partial charge in [-0.3, -0.25) is 24.6 Å². The van der Waals surface area contributed by atoms with Crippen molar-refractivity contribution in [2.45, 2.75) is 37.9 Å². The molecule has 4 unspecified atom stereocenters. The second kappa shape index (κ2) is 11.4. The number of β-lactam (4-membered cyclic amide) rings is 1. The Morgan fingerprint density at radius 3 is 2.31 bits per heavy atom. The number of nitrogens with zero attached hydrogens (tertiary/aromatic N) is 3. The van der Waals surface area contributed by atoms with Crippen molar-refractivity contribution in [2.75, 3.05) is 0 Å². The molecule has 0 aromatic heterocycles. The summed E-state index contributed by atoms with van der Waals surface area (Å²) in [5.41, 5.74) is 0.557. The number of non-ortho nitro benzene ring substituents is 1. The van der Waals surface area contributed by atoms with E-state index in [-0.39, 0.29) is 23.6 Å². The number of para-hydroxylation sites is 1. The first-order valence-corrected chi connectivity index (χ1v) is 12.5. The molecule has 2 aromatic rings. The van der Waals surface area contributed by atoms with E-state index < -0.39 is 50.6 Å². The highest BCUT2D eigenvalue weighted by Crippen LogP contribution is 2.36. The lowest BCUT2D eigenvalue weighted by Crippen LogP contribution is -2.76. The number of halogens is 1. The van der Waals surface area contributed by atoms with Gasteiger partial charge in [-0.1, -0.05) is 24.8 Å². The van der Waals surface area contributed by atoms with Gasteiger partial charge in [0.2, 0.25) is 11.4 Å². The molecule has 0 aliphatic carbocycles. The third-order valence-electron chi connectivity index (χ3n) is 5.25. The van der Waals surface area contributed by atoms with Crippen LogP contribution in [0.25, 0.3) is 0 Å². The smallest absolute Gasteiger partial charge is 0.333 e. The number of hydrogen-bond acceptors (Lipinski definition) is 8. The van der Waals surface area contributed by atoms with Gasteiger partial charge in [0.1, 0.15) is 6.61 Å². The number of nitro benzene ring substituents is 1. The first-order chi connectivity index (χ1) is 17.0. The third kappa shape index (κ3) is 5.78. The van der Waals surface area contributed by atoms with Crippen LogP contribution in [0, 0.1) is 10.1 Å². The van der Waals surface area contributed by atoms with E-state index >= 15 is 0 Å². The molecule has 11 nitrogen and oxygen atoms in total. The maximum Gasteiger partial charge on any atom is 0.333 e. The number of likely N-dealkylation sites (tertiary alicyclic amines) is 1. The lowest BCUT2D eigenvalue weighted by molar-refractivity contribution is -0.384. The van der Waals surface area contributed by atoms with Crippen molar-refractivity contribution >= 4 is 44.5 Å². The number of carbonyl (C=O) groups excluding carboxylic acids is 3. The average molecular weight is 536 g/mol. The Morgan fingerprint density at radius 2 is 1.81 bits per heavy atom. The summed E-state index contributed by atoms with van der Waals surface area (Å²) in [4.78, 5) is 55.2. The summed E-state index contributed by atoms with van der Waals surface area (Å²) in [6.45, 7) is 6.15. The van der Waals surface area contributed by atoms with Gasteiger partial charge in [0.15, 0.2) is 22.5 Å². The quantitative estimate of drug-likeness (QED) is 0.113. The van der Waals surface area contributed by atoms with E-state index in [0.717, 1.165) is 9.96 Å². The van der Waals surface area contributed by atoms with Crippen molar-refractivity contribution in [3.63, 3.8) is 0 Å². The van der Waals surface area contributed by atoms with E-state index in [0.29, 0.717) is 5.56 Å². The Balaban J connectivity index is 1.79. The van der Waals surface area contributed by atoms with Crippen molar-refractivity contribution in [1.29, 1.82) is 0 Å². The largest absolute Gasteiger partial charge is 0.597 e. The Labute approximate surface area is 214 Å². The van der Waals surface area contributed by atoms with E-state index in [4.69, 9.17) is 20.3 Å². The van der Waals surface area contributed by atoms with Crippen LogP contribution in [-0.2, 0) is 36.1 Å². The zero-order valence-corrected chi connectivity index (χ0v) is 20.8. The molecule has 1 aliphatic heterocycles. The van der Waals surface area contributed by atoms with E-state index in [2.05, 4.69) is 6.58 Å². The Kier molecular flexibility index (Phi) is 8.56. The molecule has 0 saturated carbocycles. The summed E-state index contributed by atoms with van der Waals surface area (Å²) in [6.07, 6.45) is 0. The summed E-state index contributed by atoms with van der Waals surface area (Å²) in [5, 5.41) is 10.3. The highest BCUT2D eigenvalue weighted by molar-refractivity contribution is 8.14. The van der Waals surface area contributed by atoms with Crippen molar-refractivity contribution in [3.05, 3.63) is 82.4 Å². The van der Waals surface area contributed by atoms with Gasteiger partial charge in [0.25, 0.3) is 17.5 Å². The topological polar surface area (TPSA) is 142 Å². The van der Waals surface area contributed by atoms with Gasteiger partial charge < -0.3 is 14.1 Å². The summed E-state index contributed by atoms with van der Waals surface area (Å²) in [6, 6.07) is 10.9. The minimum Gasteiger partial charge on any atom is -0.597 e. The van der Waals surface area contributed by atoms with Crippen molar-refractivity contribution in [2.24, 2.45) is 0 Å². The molecule has 2 amide bonds. The molecule has 0 radical (unpaired) electrons. The van der Waals surface area contributed by atoms with Crippen LogP contribution in [0.15, 0.2) is 66.7 Å². The lowest BCUT2D eigenvalue weighted by atomic mass is 9.99. The summed E-state index contributed by atoms with van der Waals surface area (Å²) >= 11 is 0. The number of rotatable bonds is 10. The lowest BCUT2D eigenvalue weighted by Gasteiger charge is -2.49. The van der Waals surface area contributed by atoms with E-state index in [1.54, 1.807) is 30.3 Å². The van der Waals surface area contributed by atoms with Crippen LogP contribution in [0.2, 0.25) is 0 Å². The van der Waals surface area contributed by atoms with Crippen LogP contribution < -0.4 is 4.84 Å². The number of hydroxylamine groups is 2. The molecule has 1 fully saturated rings. The monoisotopic (exact) mass is 535 g/mol. The fourth-order valence-corrected chi connectivity index (χ4v) is 4.95. The summed E-state index contributed by atoms with van der Waals surface area (Å²) in [5.74, 6) is -1.99. The van der Waals surface area contributed by atoms with Crippen LogP contribution in [0.5, 0.6) is 5.75 Å². The maximum atomic E-state index is 13.2. The van der Waals surface area contributed by atoms with Crippen LogP contribution in [0.3, 0.4) is 0 Å². The Hall–Kier alpha value is -3.61. The fraction of sp³-hybridized carbons (Fsp3) is 0.261. The highest BCUT2D eigenvalue weighted by Gasteiger charge is 2.63. The van der Waals surface area contributed by atoms with Crippen LogP contribution >= 0.6 is 10.7 Å². The van der Waals surface area contributed by atoms with Gasteiger partial charge in [0.05, 0.1) is 15.3 Å². The molecule has 0 bridgehead atoms. The number of esters is 1. The third-order valence-corrected chi connectivity index (χ3v) is 6.66. The minimum atomic E-state index is -2.21. The summed E-state index contributed by atoms with van der Waals surface area (Å²) in [7, 11) is 3.69. The molecule has 13 heteroatoms. The first kappa shape index (κ1) is 27.0. The van der Waals surface area contributed by atoms with Crippen LogP contribution in [-0.4, -0.2) is 54.7 Å². The molecular weight excluding hydrogens is 514 g/mol. The Morgan fingerprint density at radius 1 is 1.19 bits per heavy atom. The molecule has 0 N–H and O–H groups in total. The van der Waals surface area contributed by atoms with Gasteiger partial charge >= 0.3 is 5.97 Å². The average Bonchev–Trinajstić information content (AvgIpc) is 2.83. The molecule has 0 spiro atoms. The molecule has 36 heavy (non-hydrogen) atoms. The van der Waals surface area contributed by atoms with Crippen molar-refractivity contribution in [1.82, 2.24) is 9.96 Å². The molecular formula is C23H22ClN3O8S. The van der Waals surface area contributed by atoms with Crippen LogP contribution in [0.4, 0.5) is 5.69 Å². The minimum absolute atomic E-state index is 0.123. The second-order valence-corrected chi connectivity index (χ2v) is 9.75. The maximum absolute atomic E-state index is 13.2. The summed E-state index contributed by atoms with van der Waals surface area (Å²) < 4.78 is 17.7. The van der Waals surface area contributed by atoms with Gasteiger partial charge in [-0.25, -0.2) is 4.79 Å².